The Kier molecular flexibility index (Phi) is 4.15. The van der Waals surface area contributed by atoms with Crippen LogP contribution in [0.25, 0.3) is 0 Å². The summed E-state index contributed by atoms with van der Waals surface area (Å²) in [5.74, 6) is -1.13. The molecule has 0 saturated carbocycles. The average molecular weight is 290 g/mol. The molecule has 0 aliphatic carbocycles. The number of rotatable bonds is 3. The first kappa shape index (κ1) is 14.6. The molecule has 1 aromatic rings. The van der Waals surface area contributed by atoms with Gasteiger partial charge >= 0.3 is 6.36 Å². The summed E-state index contributed by atoms with van der Waals surface area (Å²) < 4.78 is 44.7. The maximum Gasteiger partial charge on any atom is 0.573 e. The van der Waals surface area contributed by atoms with Crippen LogP contribution in [0.4, 0.5) is 18.9 Å². The van der Waals surface area contributed by atoms with Gasteiger partial charge in [0, 0.05) is 11.7 Å². The van der Waals surface area contributed by atoms with Crippen LogP contribution in [-0.4, -0.2) is 31.5 Å². The Morgan fingerprint density at radius 1 is 1.30 bits per heavy atom. The van der Waals surface area contributed by atoms with Crippen LogP contribution in [0.15, 0.2) is 24.3 Å². The summed E-state index contributed by atoms with van der Waals surface area (Å²) in [5.41, 5.74) is 6.06. The second-order valence-electron chi connectivity index (χ2n) is 4.37. The standard InChI is InChI=1S/C12H13F3N2O3/c13-12(14,15)20-8-3-1-7(2-4-8)17-11(18)9-5-19-6-10(9)16/h1-4,9-10H,5-6,16H2,(H,17,18). The normalized spacial score (nSPS) is 22.6. The zero-order chi connectivity index (χ0) is 14.8. The summed E-state index contributed by atoms with van der Waals surface area (Å²) in [7, 11) is 0. The predicted octanol–water partition coefficient (Wildman–Crippen LogP) is 1.50. The molecule has 0 bridgehead atoms. The van der Waals surface area contributed by atoms with E-state index in [2.05, 4.69) is 10.1 Å². The van der Waals surface area contributed by atoms with Crippen molar-refractivity contribution in [2.24, 2.45) is 11.7 Å². The number of carbonyl (C=O) groups is 1. The minimum absolute atomic E-state index is 0.238. The smallest absolute Gasteiger partial charge is 0.406 e. The van der Waals surface area contributed by atoms with Crippen LogP contribution in [0.5, 0.6) is 5.75 Å². The van der Waals surface area contributed by atoms with Gasteiger partial charge in [-0.2, -0.15) is 0 Å². The van der Waals surface area contributed by atoms with Crippen molar-refractivity contribution in [3.05, 3.63) is 24.3 Å². The van der Waals surface area contributed by atoms with E-state index in [4.69, 9.17) is 10.5 Å². The quantitative estimate of drug-likeness (QED) is 0.884. The molecule has 110 valence electrons. The van der Waals surface area contributed by atoms with Crippen molar-refractivity contribution in [2.75, 3.05) is 18.5 Å². The van der Waals surface area contributed by atoms with E-state index < -0.39 is 12.3 Å². The molecule has 1 amide bonds. The molecule has 1 aliphatic rings. The fraction of sp³-hybridized carbons (Fsp3) is 0.417. The summed E-state index contributed by atoms with van der Waals surface area (Å²) in [6.07, 6.45) is -4.74. The van der Waals surface area contributed by atoms with Crippen molar-refractivity contribution in [1.82, 2.24) is 0 Å². The molecule has 2 unspecified atom stereocenters. The van der Waals surface area contributed by atoms with Gasteiger partial charge in [0.15, 0.2) is 0 Å². The van der Waals surface area contributed by atoms with Crippen LogP contribution >= 0.6 is 0 Å². The lowest BCUT2D eigenvalue weighted by molar-refractivity contribution is -0.274. The van der Waals surface area contributed by atoms with Crippen LogP contribution in [0.1, 0.15) is 0 Å². The molecule has 8 heteroatoms. The summed E-state index contributed by atoms with van der Waals surface area (Å²) >= 11 is 0. The molecule has 0 radical (unpaired) electrons. The number of amides is 1. The number of hydrogen-bond acceptors (Lipinski definition) is 4. The number of ether oxygens (including phenoxy) is 2. The van der Waals surface area contributed by atoms with Gasteiger partial charge in [-0.3, -0.25) is 4.79 Å². The van der Waals surface area contributed by atoms with Gasteiger partial charge in [-0.05, 0) is 24.3 Å². The highest BCUT2D eigenvalue weighted by molar-refractivity contribution is 5.93. The zero-order valence-electron chi connectivity index (χ0n) is 10.3. The van der Waals surface area contributed by atoms with Crippen LogP contribution < -0.4 is 15.8 Å². The molecule has 1 aliphatic heterocycles. The third-order valence-electron chi connectivity index (χ3n) is 2.82. The molecule has 3 N–H and O–H groups in total. The van der Waals surface area contributed by atoms with E-state index in [1.807, 2.05) is 0 Å². The molecule has 2 atom stereocenters. The minimum Gasteiger partial charge on any atom is -0.406 e. The van der Waals surface area contributed by atoms with E-state index in [1.165, 1.54) is 12.1 Å². The summed E-state index contributed by atoms with van der Waals surface area (Å²) in [6.45, 7) is 0.554. The Labute approximate surface area is 112 Å². The average Bonchev–Trinajstić information content (AvgIpc) is 2.76. The van der Waals surface area contributed by atoms with Crippen LogP contribution in [0.2, 0.25) is 0 Å². The molecule has 0 spiro atoms. The van der Waals surface area contributed by atoms with Gasteiger partial charge in [0.25, 0.3) is 0 Å². The Balaban J connectivity index is 1.95. The van der Waals surface area contributed by atoms with Gasteiger partial charge < -0.3 is 20.5 Å². The number of benzene rings is 1. The van der Waals surface area contributed by atoms with E-state index in [0.717, 1.165) is 12.1 Å². The zero-order valence-corrected chi connectivity index (χ0v) is 10.3. The lowest BCUT2D eigenvalue weighted by atomic mass is 10.0. The maximum atomic E-state index is 12.0. The Bertz CT molecular complexity index is 476. The Morgan fingerprint density at radius 2 is 1.95 bits per heavy atom. The van der Waals surface area contributed by atoms with Gasteiger partial charge in [-0.25, -0.2) is 0 Å². The molecule has 2 rings (SSSR count). The van der Waals surface area contributed by atoms with Gasteiger partial charge in [0.2, 0.25) is 5.91 Å². The first-order valence-corrected chi connectivity index (χ1v) is 5.85. The van der Waals surface area contributed by atoms with Gasteiger partial charge in [0.05, 0.1) is 19.1 Å². The summed E-state index contributed by atoms with van der Waals surface area (Å²) in [6, 6.07) is 4.51. The largest absolute Gasteiger partial charge is 0.573 e. The third-order valence-corrected chi connectivity index (χ3v) is 2.82. The molecular formula is C12H13F3N2O3. The molecular weight excluding hydrogens is 277 g/mol. The van der Waals surface area contributed by atoms with Crippen molar-refractivity contribution in [3.8, 4) is 5.75 Å². The van der Waals surface area contributed by atoms with Crippen molar-refractivity contribution < 1.29 is 27.4 Å². The van der Waals surface area contributed by atoms with Crippen molar-refractivity contribution in [1.29, 1.82) is 0 Å². The van der Waals surface area contributed by atoms with E-state index in [1.54, 1.807) is 0 Å². The highest BCUT2D eigenvalue weighted by Crippen LogP contribution is 2.24. The minimum atomic E-state index is -4.74. The van der Waals surface area contributed by atoms with E-state index >= 15 is 0 Å². The lowest BCUT2D eigenvalue weighted by Gasteiger charge is -2.14. The second kappa shape index (κ2) is 5.68. The lowest BCUT2D eigenvalue weighted by Crippen LogP contribution is -2.37. The molecule has 1 aromatic carbocycles. The van der Waals surface area contributed by atoms with Crippen molar-refractivity contribution >= 4 is 11.6 Å². The van der Waals surface area contributed by atoms with E-state index in [0.29, 0.717) is 12.3 Å². The van der Waals surface area contributed by atoms with Crippen LogP contribution in [-0.2, 0) is 9.53 Å². The highest BCUT2D eigenvalue weighted by Gasteiger charge is 2.32. The summed E-state index contributed by atoms with van der Waals surface area (Å²) in [5, 5.41) is 2.57. The third kappa shape index (κ3) is 3.84. The molecule has 0 aromatic heterocycles. The fourth-order valence-corrected chi connectivity index (χ4v) is 1.82. The Hall–Kier alpha value is -1.80. The van der Waals surface area contributed by atoms with Gasteiger partial charge in [-0.15, -0.1) is 13.2 Å². The second-order valence-corrected chi connectivity index (χ2v) is 4.37. The molecule has 1 fully saturated rings. The maximum absolute atomic E-state index is 12.0. The highest BCUT2D eigenvalue weighted by atomic mass is 19.4. The number of halogens is 3. The number of nitrogens with one attached hydrogen (secondary N) is 1. The Morgan fingerprint density at radius 3 is 2.45 bits per heavy atom. The monoisotopic (exact) mass is 290 g/mol. The number of anilines is 1. The first-order valence-electron chi connectivity index (χ1n) is 5.85. The fourth-order valence-electron chi connectivity index (χ4n) is 1.82. The number of hydrogen-bond donors (Lipinski definition) is 2. The first-order chi connectivity index (χ1) is 9.35. The number of nitrogens with two attached hydrogens (primary N) is 1. The predicted molar refractivity (Wildman–Crippen MR) is 64.0 cm³/mol. The number of carbonyl (C=O) groups excluding carboxylic acids is 1. The van der Waals surface area contributed by atoms with Gasteiger partial charge in [0.1, 0.15) is 5.75 Å². The summed E-state index contributed by atoms with van der Waals surface area (Å²) in [4.78, 5) is 11.9. The molecule has 1 saturated heterocycles. The van der Waals surface area contributed by atoms with Crippen LogP contribution in [0, 0.1) is 5.92 Å². The van der Waals surface area contributed by atoms with Crippen LogP contribution in [0.3, 0.4) is 0 Å². The SMILES string of the molecule is NC1COCC1C(=O)Nc1ccc(OC(F)(F)F)cc1. The van der Waals surface area contributed by atoms with E-state index in [9.17, 15) is 18.0 Å². The van der Waals surface area contributed by atoms with E-state index in [-0.39, 0.29) is 24.3 Å². The molecule has 1 heterocycles. The topological polar surface area (TPSA) is 73.6 Å². The molecule has 5 nitrogen and oxygen atoms in total. The van der Waals surface area contributed by atoms with Gasteiger partial charge in [-0.1, -0.05) is 0 Å². The molecule has 20 heavy (non-hydrogen) atoms. The number of alkyl halides is 3. The van der Waals surface area contributed by atoms with Crippen molar-refractivity contribution in [3.63, 3.8) is 0 Å². The van der Waals surface area contributed by atoms with Crippen molar-refractivity contribution in [2.45, 2.75) is 12.4 Å².